The second-order valence-electron chi connectivity index (χ2n) is 9.26. The Labute approximate surface area is 238 Å². The fourth-order valence-electron chi connectivity index (χ4n) is 4.21. The van der Waals surface area contributed by atoms with Crippen LogP contribution in [0, 0.1) is 17.0 Å². The zero-order valence-electron chi connectivity index (χ0n) is 21.9. The van der Waals surface area contributed by atoms with E-state index in [2.05, 4.69) is 0 Å². The van der Waals surface area contributed by atoms with E-state index >= 15 is 0 Å². The van der Waals surface area contributed by atoms with Crippen molar-refractivity contribution in [3.63, 3.8) is 0 Å². The highest BCUT2D eigenvalue weighted by Crippen LogP contribution is 2.31. The number of rotatable bonds is 8. The number of Topliss-reactive ketones (excluding diaryl/α,β-unsaturated/α-hetero) is 1. The molecule has 0 radical (unpaired) electrons. The van der Waals surface area contributed by atoms with Crippen LogP contribution in [0.5, 0.6) is 5.75 Å². The molecule has 0 bridgehead atoms. The number of ketones is 1. The predicted molar refractivity (Wildman–Crippen MR) is 148 cm³/mol. The summed E-state index contributed by atoms with van der Waals surface area (Å²) in [5, 5.41) is 11.1. The molecule has 208 valence electrons. The van der Waals surface area contributed by atoms with E-state index in [0.717, 1.165) is 16.5 Å². The Morgan fingerprint density at radius 3 is 2.10 bits per heavy atom. The van der Waals surface area contributed by atoms with E-state index in [9.17, 15) is 34.1 Å². The van der Waals surface area contributed by atoms with E-state index in [1.54, 1.807) is 24.3 Å². The molecule has 4 aromatic rings. The maximum Gasteiger partial charge on any atom is 0.343 e. The summed E-state index contributed by atoms with van der Waals surface area (Å²) in [5.74, 6) is -3.20. The molecule has 1 heterocycles. The molecule has 0 saturated heterocycles. The molecular formula is C31H20N2O9. The van der Waals surface area contributed by atoms with Crippen molar-refractivity contribution in [2.24, 2.45) is 0 Å². The van der Waals surface area contributed by atoms with Crippen LogP contribution in [0.1, 0.15) is 57.4 Å². The van der Waals surface area contributed by atoms with Gasteiger partial charge in [0.25, 0.3) is 17.5 Å². The number of carbonyl (C=O) groups excluding carboxylic acids is 5. The number of nitro benzene ring substituents is 1. The van der Waals surface area contributed by atoms with E-state index in [-0.39, 0.29) is 39.4 Å². The summed E-state index contributed by atoms with van der Waals surface area (Å²) < 4.78 is 10.4. The Morgan fingerprint density at radius 2 is 1.40 bits per heavy atom. The van der Waals surface area contributed by atoms with Gasteiger partial charge in [-0.25, -0.2) is 14.5 Å². The Kier molecular flexibility index (Phi) is 7.40. The van der Waals surface area contributed by atoms with Gasteiger partial charge in [0.15, 0.2) is 12.4 Å². The molecule has 2 amide bonds. The molecule has 11 nitrogen and oxygen atoms in total. The number of hydrogen-bond acceptors (Lipinski definition) is 9. The standard InChI is InChI=1S/C31H20N2O9/c1-18-5-7-20(8-6-18)31(38)42-24-12-9-19(10-13-24)27(34)17-41-30(37)21-11-14-25-26(15-21)29(36)32(28(25)35)22-3-2-4-23(16-22)33(39)40/h2-16H,17H2,1H3. The Bertz CT molecular complexity index is 1780. The number of amides is 2. The van der Waals surface area contributed by atoms with Gasteiger partial charge in [0, 0.05) is 17.7 Å². The largest absolute Gasteiger partial charge is 0.454 e. The number of benzene rings is 4. The molecule has 0 atom stereocenters. The molecular weight excluding hydrogens is 544 g/mol. The highest BCUT2D eigenvalue weighted by atomic mass is 16.6. The van der Waals surface area contributed by atoms with Crippen LogP contribution in [0.4, 0.5) is 11.4 Å². The van der Waals surface area contributed by atoms with Crippen LogP contribution >= 0.6 is 0 Å². The van der Waals surface area contributed by atoms with Crippen LogP contribution in [0.15, 0.2) is 91.0 Å². The highest BCUT2D eigenvalue weighted by Gasteiger charge is 2.37. The van der Waals surface area contributed by atoms with Crippen molar-refractivity contribution in [2.45, 2.75) is 6.92 Å². The van der Waals surface area contributed by atoms with Crippen LogP contribution in [-0.2, 0) is 4.74 Å². The number of carbonyl (C=O) groups is 5. The average molecular weight is 565 g/mol. The molecule has 11 heteroatoms. The monoisotopic (exact) mass is 564 g/mol. The summed E-state index contributed by atoms with van der Waals surface area (Å²) in [5.41, 5.74) is 1.17. The lowest BCUT2D eigenvalue weighted by Crippen LogP contribution is -2.29. The van der Waals surface area contributed by atoms with Gasteiger partial charge in [-0.3, -0.25) is 24.5 Å². The third-order valence-corrected chi connectivity index (χ3v) is 6.43. The number of aryl methyl sites for hydroxylation is 1. The van der Waals surface area contributed by atoms with Crippen molar-refractivity contribution in [1.29, 1.82) is 0 Å². The molecule has 5 rings (SSSR count). The molecule has 42 heavy (non-hydrogen) atoms. The van der Waals surface area contributed by atoms with E-state index < -0.39 is 41.1 Å². The minimum Gasteiger partial charge on any atom is -0.454 e. The van der Waals surface area contributed by atoms with Crippen LogP contribution in [0.2, 0.25) is 0 Å². The summed E-state index contributed by atoms with van der Waals surface area (Å²) in [7, 11) is 0. The first-order valence-electron chi connectivity index (χ1n) is 12.5. The third-order valence-electron chi connectivity index (χ3n) is 6.43. The van der Waals surface area contributed by atoms with Crippen LogP contribution in [0.25, 0.3) is 0 Å². The number of nitro groups is 1. The predicted octanol–water partition coefficient (Wildman–Crippen LogP) is 4.96. The SMILES string of the molecule is Cc1ccc(C(=O)Oc2ccc(C(=O)COC(=O)c3ccc4c(c3)C(=O)N(c3cccc([N+](=O)[O-])c3)C4=O)cc2)cc1. The minimum absolute atomic E-state index is 0.0149. The maximum atomic E-state index is 13.0. The van der Waals surface area contributed by atoms with Crippen LogP contribution in [-0.4, -0.2) is 41.1 Å². The quantitative estimate of drug-likeness (QED) is 0.0722. The molecule has 0 saturated carbocycles. The number of anilines is 1. The van der Waals surface area contributed by atoms with Gasteiger partial charge >= 0.3 is 11.9 Å². The second kappa shape index (κ2) is 11.3. The zero-order chi connectivity index (χ0) is 30.0. The topological polar surface area (TPSA) is 150 Å². The van der Waals surface area contributed by atoms with Crippen molar-refractivity contribution in [3.05, 3.63) is 134 Å². The van der Waals surface area contributed by atoms with Crippen molar-refractivity contribution >= 4 is 40.9 Å². The molecule has 0 aromatic heterocycles. The van der Waals surface area contributed by atoms with E-state index in [4.69, 9.17) is 9.47 Å². The van der Waals surface area contributed by atoms with Gasteiger partial charge in [0.1, 0.15) is 5.75 Å². The van der Waals surface area contributed by atoms with Gasteiger partial charge in [-0.2, -0.15) is 0 Å². The maximum absolute atomic E-state index is 13.0. The summed E-state index contributed by atoms with van der Waals surface area (Å²) in [6.07, 6.45) is 0. The van der Waals surface area contributed by atoms with Gasteiger partial charge in [0.05, 0.1) is 32.9 Å². The number of esters is 2. The average Bonchev–Trinajstić information content (AvgIpc) is 3.25. The molecule has 0 aliphatic carbocycles. The first-order valence-corrected chi connectivity index (χ1v) is 12.5. The lowest BCUT2D eigenvalue weighted by molar-refractivity contribution is -0.384. The minimum atomic E-state index is -0.899. The Balaban J connectivity index is 1.21. The Morgan fingerprint density at radius 1 is 0.762 bits per heavy atom. The molecule has 4 aromatic carbocycles. The molecule has 1 aliphatic rings. The van der Waals surface area contributed by atoms with Gasteiger partial charge < -0.3 is 9.47 Å². The van der Waals surface area contributed by atoms with Crippen molar-refractivity contribution in [3.8, 4) is 5.75 Å². The van der Waals surface area contributed by atoms with Crippen molar-refractivity contribution < 1.29 is 38.4 Å². The van der Waals surface area contributed by atoms with E-state index in [1.165, 1.54) is 60.7 Å². The van der Waals surface area contributed by atoms with Gasteiger partial charge in [0.2, 0.25) is 0 Å². The first-order chi connectivity index (χ1) is 20.1. The molecule has 0 N–H and O–H groups in total. The molecule has 0 spiro atoms. The van der Waals surface area contributed by atoms with Crippen molar-refractivity contribution in [2.75, 3.05) is 11.5 Å². The van der Waals surface area contributed by atoms with Crippen molar-refractivity contribution in [1.82, 2.24) is 0 Å². The fourth-order valence-corrected chi connectivity index (χ4v) is 4.21. The van der Waals surface area contributed by atoms with Gasteiger partial charge in [-0.15, -0.1) is 0 Å². The number of nitrogens with zero attached hydrogens (tertiary/aromatic N) is 2. The molecule has 0 unspecified atom stereocenters. The van der Waals surface area contributed by atoms with Crippen LogP contribution in [0.3, 0.4) is 0 Å². The second-order valence-corrected chi connectivity index (χ2v) is 9.26. The number of fused-ring (bicyclic) bond motifs is 1. The van der Waals surface area contributed by atoms with Gasteiger partial charge in [-0.05, 0) is 67.6 Å². The third kappa shape index (κ3) is 5.52. The number of non-ortho nitro benzene ring substituents is 1. The van der Waals surface area contributed by atoms with E-state index in [1.807, 2.05) is 6.92 Å². The van der Waals surface area contributed by atoms with E-state index in [0.29, 0.717) is 5.56 Å². The summed E-state index contributed by atoms with van der Waals surface area (Å²) >= 11 is 0. The first kappa shape index (κ1) is 27.6. The normalized spacial score (nSPS) is 12.1. The summed E-state index contributed by atoms with van der Waals surface area (Å²) in [6.45, 7) is 1.29. The number of imide groups is 1. The lowest BCUT2D eigenvalue weighted by atomic mass is 10.1. The number of ether oxygens (including phenoxy) is 2. The van der Waals surface area contributed by atoms with Gasteiger partial charge in [-0.1, -0.05) is 23.8 Å². The lowest BCUT2D eigenvalue weighted by Gasteiger charge is -2.13. The summed E-state index contributed by atoms with van der Waals surface area (Å²) in [4.78, 5) is 74.6. The molecule has 0 fully saturated rings. The zero-order valence-corrected chi connectivity index (χ0v) is 21.9. The Hall–Kier alpha value is -5.97. The molecule has 1 aliphatic heterocycles. The van der Waals surface area contributed by atoms with Crippen LogP contribution < -0.4 is 9.64 Å². The number of hydrogen-bond donors (Lipinski definition) is 0. The fraction of sp³-hybridized carbons (Fsp3) is 0.0645. The summed E-state index contributed by atoms with van der Waals surface area (Å²) in [6, 6.07) is 21.4. The highest BCUT2D eigenvalue weighted by molar-refractivity contribution is 6.34. The smallest absolute Gasteiger partial charge is 0.343 e.